The molecule has 0 radical (unpaired) electrons. The second kappa shape index (κ2) is 9.86. The van der Waals surface area contributed by atoms with E-state index in [0.717, 1.165) is 5.56 Å². The number of hydrogen-bond donors (Lipinski definition) is 4. The Morgan fingerprint density at radius 3 is 2.59 bits per heavy atom. The first kappa shape index (κ1) is 21.4. The molecular weight excluding hydrogens is 358 g/mol. The molecular formula is C18H27NO8. The summed E-state index contributed by atoms with van der Waals surface area (Å²) in [4.78, 5) is 11.4. The van der Waals surface area contributed by atoms with Crippen LogP contribution in [0.15, 0.2) is 18.2 Å². The smallest absolute Gasteiger partial charge is 0.217 e. The summed E-state index contributed by atoms with van der Waals surface area (Å²) in [6.45, 7) is 3.25. The van der Waals surface area contributed by atoms with Crippen LogP contribution in [0.25, 0.3) is 0 Å². The Balaban J connectivity index is 2.11. The zero-order valence-corrected chi connectivity index (χ0v) is 15.6. The molecule has 0 saturated carbocycles. The third-order valence-electron chi connectivity index (χ3n) is 4.19. The number of benzene rings is 1. The molecule has 2 rings (SSSR count). The molecule has 1 heterocycles. The molecule has 0 spiro atoms. The molecule has 0 aliphatic carbocycles. The molecule has 1 aliphatic rings. The fourth-order valence-electron chi connectivity index (χ4n) is 2.87. The van der Waals surface area contributed by atoms with E-state index < -0.39 is 43.2 Å². The molecule has 1 aromatic carbocycles. The highest BCUT2D eigenvalue weighted by Crippen LogP contribution is 2.29. The Morgan fingerprint density at radius 2 is 2.00 bits per heavy atom. The van der Waals surface area contributed by atoms with Crippen LogP contribution in [0.1, 0.15) is 19.4 Å². The van der Waals surface area contributed by atoms with Crippen LogP contribution < -0.4 is 14.8 Å². The van der Waals surface area contributed by atoms with Crippen molar-refractivity contribution in [2.45, 2.75) is 51.1 Å². The van der Waals surface area contributed by atoms with Crippen molar-refractivity contribution in [1.82, 2.24) is 5.32 Å². The standard InChI is InChI=1S/C18H27NO8/c1-4-25-12-6-5-11(7-13(12)24-3)9-26-18-15(19-10(2)21)17(23)16(22)14(8-20)27-18/h5-7,14-18,20,22-23H,4,8-9H2,1-3H3,(H,19,21)/t14-,15+,16+,17+,18-/m1/s1. The maximum absolute atomic E-state index is 11.4. The first-order chi connectivity index (χ1) is 12.9. The summed E-state index contributed by atoms with van der Waals surface area (Å²) >= 11 is 0. The van der Waals surface area contributed by atoms with Crippen LogP contribution in [0.2, 0.25) is 0 Å². The molecule has 9 nitrogen and oxygen atoms in total. The van der Waals surface area contributed by atoms with Crippen molar-refractivity contribution >= 4 is 5.91 Å². The summed E-state index contributed by atoms with van der Waals surface area (Å²) in [6, 6.07) is 4.31. The largest absolute Gasteiger partial charge is 0.493 e. The van der Waals surface area contributed by atoms with Gasteiger partial charge in [0.05, 0.1) is 26.9 Å². The SMILES string of the molecule is CCOc1ccc(CO[C@@H]2O[C@H](CO)[C@H](O)[C@@H](O)[C@@H]2NC(C)=O)cc1OC. The monoisotopic (exact) mass is 385 g/mol. The van der Waals surface area contributed by atoms with Gasteiger partial charge in [-0.2, -0.15) is 0 Å². The van der Waals surface area contributed by atoms with Gasteiger partial charge in [-0.05, 0) is 24.6 Å². The minimum absolute atomic E-state index is 0.0878. The molecule has 1 fully saturated rings. The lowest BCUT2D eigenvalue weighted by Gasteiger charge is -2.42. The van der Waals surface area contributed by atoms with E-state index in [-0.39, 0.29) is 6.61 Å². The molecule has 1 aliphatic heterocycles. The van der Waals surface area contributed by atoms with E-state index in [1.165, 1.54) is 14.0 Å². The van der Waals surface area contributed by atoms with Crippen LogP contribution in [-0.2, 0) is 20.9 Å². The Hall–Kier alpha value is -1.91. The van der Waals surface area contributed by atoms with Crippen LogP contribution >= 0.6 is 0 Å². The molecule has 0 aromatic heterocycles. The molecule has 1 saturated heterocycles. The van der Waals surface area contributed by atoms with Crippen molar-refractivity contribution in [2.75, 3.05) is 20.3 Å². The van der Waals surface area contributed by atoms with Crippen molar-refractivity contribution in [1.29, 1.82) is 0 Å². The Labute approximate surface area is 157 Å². The predicted molar refractivity (Wildman–Crippen MR) is 94.3 cm³/mol. The van der Waals surface area contributed by atoms with Gasteiger partial charge in [0.25, 0.3) is 0 Å². The van der Waals surface area contributed by atoms with E-state index in [1.54, 1.807) is 18.2 Å². The van der Waals surface area contributed by atoms with Crippen LogP contribution in [0.4, 0.5) is 0 Å². The molecule has 27 heavy (non-hydrogen) atoms. The predicted octanol–water partition coefficient (Wildman–Crippen LogP) is -0.446. The average molecular weight is 385 g/mol. The number of aliphatic hydroxyl groups excluding tert-OH is 3. The molecule has 0 unspecified atom stereocenters. The number of amides is 1. The van der Waals surface area contributed by atoms with E-state index in [0.29, 0.717) is 18.1 Å². The Morgan fingerprint density at radius 1 is 1.26 bits per heavy atom. The second-order valence-corrected chi connectivity index (χ2v) is 6.16. The minimum Gasteiger partial charge on any atom is -0.493 e. The van der Waals surface area contributed by atoms with E-state index in [4.69, 9.17) is 18.9 Å². The van der Waals surface area contributed by atoms with Gasteiger partial charge in [0.15, 0.2) is 17.8 Å². The Bertz CT molecular complexity index is 625. The third kappa shape index (κ3) is 5.30. The summed E-state index contributed by atoms with van der Waals surface area (Å²) in [6.07, 6.45) is -4.77. The first-order valence-electron chi connectivity index (χ1n) is 8.72. The quantitative estimate of drug-likeness (QED) is 0.474. The number of carbonyl (C=O) groups is 1. The number of ether oxygens (including phenoxy) is 4. The number of methoxy groups -OCH3 is 1. The highest BCUT2D eigenvalue weighted by molar-refractivity contribution is 5.73. The summed E-state index contributed by atoms with van der Waals surface area (Å²) in [7, 11) is 1.53. The normalized spacial score (nSPS) is 27.9. The zero-order valence-electron chi connectivity index (χ0n) is 15.6. The molecule has 1 aromatic rings. The number of rotatable bonds is 8. The minimum atomic E-state index is -1.35. The van der Waals surface area contributed by atoms with Crippen molar-refractivity contribution in [3.05, 3.63) is 23.8 Å². The summed E-state index contributed by atoms with van der Waals surface area (Å²) in [5.41, 5.74) is 0.752. The summed E-state index contributed by atoms with van der Waals surface area (Å²) in [5.74, 6) is 0.742. The first-order valence-corrected chi connectivity index (χ1v) is 8.72. The van der Waals surface area contributed by atoms with Crippen LogP contribution in [0.3, 0.4) is 0 Å². The maximum atomic E-state index is 11.4. The van der Waals surface area contributed by atoms with E-state index in [9.17, 15) is 20.1 Å². The van der Waals surface area contributed by atoms with E-state index in [1.807, 2.05) is 6.92 Å². The fourth-order valence-corrected chi connectivity index (χ4v) is 2.87. The topological polar surface area (TPSA) is 127 Å². The molecule has 0 bridgehead atoms. The number of nitrogens with one attached hydrogen (secondary N) is 1. The second-order valence-electron chi connectivity index (χ2n) is 6.16. The maximum Gasteiger partial charge on any atom is 0.217 e. The summed E-state index contributed by atoms with van der Waals surface area (Å²) < 4.78 is 22.0. The van der Waals surface area contributed by atoms with Gasteiger partial charge in [-0.25, -0.2) is 0 Å². The van der Waals surface area contributed by atoms with Gasteiger partial charge >= 0.3 is 0 Å². The van der Waals surface area contributed by atoms with Crippen molar-refractivity contribution < 1.29 is 39.1 Å². The lowest BCUT2D eigenvalue weighted by molar-refractivity contribution is -0.273. The van der Waals surface area contributed by atoms with E-state index in [2.05, 4.69) is 5.32 Å². The van der Waals surface area contributed by atoms with Crippen molar-refractivity contribution in [3.8, 4) is 11.5 Å². The highest BCUT2D eigenvalue weighted by Gasteiger charge is 2.45. The van der Waals surface area contributed by atoms with Gasteiger partial charge < -0.3 is 39.6 Å². The van der Waals surface area contributed by atoms with Gasteiger partial charge in [-0.3, -0.25) is 4.79 Å². The molecule has 152 valence electrons. The molecule has 4 N–H and O–H groups in total. The van der Waals surface area contributed by atoms with Gasteiger partial charge in [0, 0.05) is 6.92 Å². The van der Waals surface area contributed by atoms with Crippen molar-refractivity contribution in [2.24, 2.45) is 0 Å². The summed E-state index contributed by atoms with van der Waals surface area (Å²) in [5, 5.41) is 32.1. The van der Waals surface area contributed by atoms with Gasteiger partial charge in [-0.15, -0.1) is 0 Å². The van der Waals surface area contributed by atoms with Gasteiger partial charge in [0.2, 0.25) is 5.91 Å². The number of carbonyl (C=O) groups excluding carboxylic acids is 1. The highest BCUT2D eigenvalue weighted by atomic mass is 16.7. The lowest BCUT2D eigenvalue weighted by atomic mass is 9.97. The van der Waals surface area contributed by atoms with Crippen LogP contribution in [-0.4, -0.2) is 72.2 Å². The molecule has 1 amide bonds. The third-order valence-corrected chi connectivity index (χ3v) is 4.19. The van der Waals surface area contributed by atoms with Crippen LogP contribution in [0.5, 0.6) is 11.5 Å². The fraction of sp³-hybridized carbons (Fsp3) is 0.611. The van der Waals surface area contributed by atoms with Gasteiger partial charge in [0.1, 0.15) is 24.4 Å². The molecule has 9 heteroatoms. The zero-order chi connectivity index (χ0) is 20.0. The van der Waals surface area contributed by atoms with Crippen LogP contribution in [0, 0.1) is 0 Å². The number of hydrogen-bond acceptors (Lipinski definition) is 8. The average Bonchev–Trinajstić information content (AvgIpc) is 2.65. The molecule has 5 atom stereocenters. The van der Waals surface area contributed by atoms with E-state index >= 15 is 0 Å². The van der Waals surface area contributed by atoms with Crippen molar-refractivity contribution in [3.63, 3.8) is 0 Å². The lowest BCUT2D eigenvalue weighted by Crippen LogP contribution is -2.64. The number of aliphatic hydroxyl groups is 3. The van der Waals surface area contributed by atoms with Gasteiger partial charge in [-0.1, -0.05) is 6.07 Å². The Kier molecular flexibility index (Phi) is 7.81.